The van der Waals surface area contributed by atoms with Gasteiger partial charge < -0.3 is 5.11 Å². The Bertz CT molecular complexity index is 368. The lowest BCUT2D eigenvalue weighted by atomic mass is 10.2. The summed E-state index contributed by atoms with van der Waals surface area (Å²) >= 11 is 0. The third kappa shape index (κ3) is 1.84. The normalized spacial score (nSPS) is 11.5. The number of sulfone groups is 1. The van der Waals surface area contributed by atoms with Gasteiger partial charge in [-0.2, -0.15) is 0 Å². The molecule has 0 saturated carbocycles. The quantitative estimate of drug-likeness (QED) is 0.724. The van der Waals surface area contributed by atoms with Gasteiger partial charge in [0, 0.05) is 6.26 Å². The minimum atomic E-state index is -3.24. The first-order valence-electron chi connectivity index (χ1n) is 3.35. The van der Waals surface area contributed by atoms with Gasteiger partial charge >= 0.3 is 0 Å². The molecule has 0 heterocycles. The number of aliphatic hydroxyl groups is 1. The molecule has 1 aromatic carbocycles. The summed E-state index contributed by atoms with van der Waals surface area (Å²) in [5.41, 5.74) is 0.413. The van der Waals surface area contributed by atoms with E-state index in [-0.39, 0.29) is 11.5 Å². The SMILES string of the molecule is CS(=O)(=O)c1c[c]ccc1CO. The van der Waals surface area contributed by atoms with E-state index in [1.165, 1.54) is 12.1 Å². The number of aliphatic hydroxyl groups excluding tert-OH is 1. The van der Waals surface area contributed by atoms with Crippen LogP contribution in [0.2, 0.25) is 0 Å². The van der Waals surface area contributed by atoms with Gasteiger partial charge in [0.15, 0.2) is 9.84 Å². The maximum Gasteiger partial charge on any atom is 0.175 e. The van der Waals surface area contributed by atoms with Crippen LogP contribution in [0.5, 0.6) is 0 Å². The minimum Gasteiger partial charge on any atom is -0.392 e. The summed E-state index contributed by atoms with van der Waals surface area (Å²) in [5.74, 6) is 0. The van der Waals surface area contributed by atoms with E-state index in [4.69, 9.17) is 5.11 Å². The Morgan fingerprint density at radius 3 is 2.67 bits per heavy atom. The first-order chi connectivity index (χ1) is 5.55. The van der Waals surface area contributed by atoms with Crippen molar-refractivity contribution in [2.45, 2.75) is 11.5 Å². The van der Waals surface area contributed by atoms with Crippen LogP contribution in [-0.2, 0) is 16.4 Å². The molecule has 0 aliphatic heterocycles. The van der Waals surface area contributed by atoms with Gasteiger partial charge in [0.05, 0.1) is 11.5 Å². The van der Waals surface area contributed by atoms with E-state index in [1.54, 1.807) is 6.07 Å². The monoisotopic (exact) mass is 185 g/mol. The van der Waals surface area contributed by atoms with Crippen molar-refractivity contribution in [1.82, 2.24) is 0 Å². The van der Waals surface area contributed by atoms with Crippen molar-refractivity contribution in [2.75, 3.05) is 6.26 Å². The second-order valence-corrected chi connectivity index (χ2v) is 4.45. The number of hydrogen-bond donors (Lipinski definition) is 1. The summed E-state index contributed by atoms with van der Waals surface area (Å²) < 4.78 is 22.2. The standard InChI is InChI=1S/C8H9O3S/c1-12(10,11)8-5-3-2-4-7(8)6-9/h2,4-5,9H,6H2,1H3. The van der Waals surface area contributed by atoms with Crippen molar-refractivity contribution in [3.63, 3.8) is 0 Å². The molecule has 0 spiro atoms. The van der Waals surface area contributed by atoms with Gasteiger partial charge in [-0.15, -0.1) is 0 Å². The van der Waals surface area contributed by atoms with Gasteiger partial charge in [-0.3, -0.25) is 0 Å². The van der Waals surface area contributed by atoms with Gasteiger partial charge in [-0.1, -0.05) is 12.1 Å². The van der Waals surface area contributed by atoms with E-state index >= 15 is 0 Å². The van der Waals surface area contributed by atoms with Crippen molar-refractivity contribution in [1.29, 1.82) is 0 Å². The summed E-state index contributed by atoms with van der Waals surface area (Å²) in [6.45, 7) is -0.267. The molecule has 0 unspecified atom stereocenters. The van der Waals surface area contributed by atoms with Crippen LogP contribution in [0.1, 0.15) is 5.56 Å². The van der Waals surface area contributed by atoms with Crippen molar-refractivity contribution < 1.29 is 13.5 Å². The van der Waals surface area contributed by atoms with Gasteiger partial charge in [0.2, 0.25) is 0 Å². The molecule has 1 N–H and O–H groups in total. The molecule has 0 saturated heterocycles. The van der Waals surface area contributed by atoms with E-state index in [1.807, 2.05) is 0 Å². The summed E-state index contributed by atoms with van der Waals surface area (Å²) in [4.78, 5) is 0.146. The van der Waals surface area contributed by atoms with Crippen LogP contribution >= 0.6 is 0 Å². The molecule has 0 amide bonds. The molecule has 0 aromatic heterocycles. The smallest absolute Gasteiger partial charge is 0.175 e. The lowest BCUT2D eigenvalue weighted by molar-refractivity contribution is 0.278. The van der Waals surface area contributed by atoms with Crippen molar-refractivity contribution in [3.05, 3.63) is 29.8 Å². The highest BCUT2D eigenvalue weighted by Gasteiger charge is 2.10. The van der Waals surface area contributed by atoms with E-state index in [0.29, 0.717) is 5.56 Å². The molecule has 0 bridgehead atoms. The van der Waals surface area contributed by atoms with Gasteiger partial charge in [-0.05, 0) is 17.7 Å². The Morgan fingerprint density at radius 1 is 1.58 bits per heavy atom. The third-order valence-electron chi connectivity index (χ3n) is 1.48. The highest BCUT2D eigenvalue weighted by atomic mass is 32.2. The molecule has 1 aromatic rings. The maximum absolute atomic E-state index is 11.1. The number of benzene rings is 1. The van der Waals surface area contributed by atoms with Crippen LogP contribution in [-0.4, -0.2) is 19.8 Å². The summed E-state index contributed by atoms with van der Waals surface area (Å²) in [6.07, 6.45) is 1.11. The van der Waals surface area contributed by atoms with E-state index in [9.17, 15) is 8.42 Å². The number of rotatable bonds is 2. The molecule has 1 rings (SSSR count). The van der Waals surface area contributed by atoms with Gasteiger partial charge in [0.25, 0.3) is 0 Å². The van der Waals surface area contributed by atoms with E-state index in [0.717, 1.165) is 6.26 Å². The fourth-order valence-electron chi connectivity index (χ4n) is 0.923. The highest BCUT2D eigenvalue weighted by Crippen LogP contribution is 2.14. The molecule has 65 valence electrons. The van der Waals surface area contributed by atoms with E-state index in [2.05, 4.69) is 6.07 Å². The Kier molecular flexibility index (Phi) is 2.49. The van der Waals surface area contributed by atoms with Crippen molar-refractivity contribution in [3.8, 4) is 0 Å². The number of hydrogen-bond acceptors (Lipinski definition) is 3. The molecule has 12 heavy (non-hydrogen) atoms. The van der Waals surface area contributed by atoms with Crippen LogP contribution in [0.15, 0.2) is 23.1 Å². The zero-order chi connectivity index (χ0) is 9.19. The molecule has 0 fully saturated rings. The van der Waals surface area contributed by atoms with Crippen LogP contribution in [0.25, 0.3) is 0 Å². The Balaban J connectivity index is 3.33. The predicted octanol–water partition coefficient (Wildman–Crippen LogP) is 0.383. The lowest BCUT2D eigenvalue weighted by Crippen LogP contribution is -2.01. The second kappa shape index (κ2) is 3.25. The van der Waals surface area contributed by atoms with Crippen LogP contribution in [0, 0.1) is 6.07 Å². The molecule has 3 nitrogen and oxygen atoms in total. The molecule has 1 radical (unpaired) electrons. The molecule has 0 atom stereocenters. The van der Waals surface area contributed by atoms with E-state index < -0.39 is 9.84 Å². The molecular formula is C8H9O3S. The van der Waals surface area contributed by atoms with Crippen molar-refractivity contribution in [2.24, 2.45) is 0 Å². The van der Waals surface area contributed by atoms with Crippen LogP contribution < -0.4 is 0 Å². The summed E-state index contributed by atoms with van der Waals surface area (Å²) in [7, 11) is -3.24. The fraction of sp³-hybridized carbons (Fsp3) is 0.250. The molecule has 0 aliphatic rings. The summed E-state index contributed by atoms with van der Waals surface area (Å²) in [5, 5.41) is 8.80. The fourth-order valence-corrected chi connectivity index (χ4v) is 1.81. The lowest BCUT2D eigenvalue weighted by Gasteiger charge is -2.02. The summed E-state index contributed by atoms with van der Waals surface area (Å²) in [6, 6.07) is 7.12. The largest absolute Gasteiger partial charge is 0.392 e. The maximum atomic E-state index is 11.1. The van der Waals surface area contributed by atoms with Crippen molar-refractivity contribution >= 4 is 9.84 Å². The van der Waals surface area contributed by atoms with Gasteiger partial charge in [-0.25, -0.2) is 8.42 Å². The Labute approximate surface area is 71.6 Å². The average Bonchev–Trinajstić information content (AvgIpc) is 2.03. The third-order valence-corrected chi connectivity index (χ3v) is 2.66. The van der Waals surface area contributed by atoms with Crippen LogP contribution in [0.3, 0.4) is 0 Å². The molecule has 4 heteroatoms. The highest BCUT2D eigenvalue weighted by molar-refractivity contribution is 7.90. The zero-order valence-corrected chi connectivity index (χ0v) is 7.43. The first-order valence-corrected chi connectivity index (χ1v) is 5.24. The topological polar surface area (TPSA) is 54.4 Å². The Hall–Kier alpha value is -0.870. The zero-order valence-electron chi connectivity index (χ0n) is 6.61. The molecule has 0 aliphatic carbocycles. The van der Waals surface area contributed by atoms with Crippen LogP contribution in [0.4, 0.5) is 0 Å². The first kappa shape index (κ1) is 9.22. The Morgan fingerprint density at radius 2 is 2.25 bits per heavy atom. The minimum absolute atomic E-state index is 0.146. The van der Waals surface area contributed by atoms with Gasteiger partial charge in [0.1, 0.15) is 0 Å². The average molecular weight is 185 g/mol. The predicted molar refractivity (Wildman–Crippen MR) is 44.3 cm³/mol. The molecular weight excluding hydrogens is 176 g/mol. The second-order valence-electron chi connectivity index (χ2n) is 2.46.